The molecule has 214 valence electrons. The molecule has 2 aromatic heterocycles. The van der Waals surface area contributed by atoms with Gasteiger partial charge in [-0.05, 0) is 49.2 Å². The summed E-state index contributed by atoms with van der Waals surface area (Å²) in [6.45, 7) is 2.70. The smallest absolute Gasteiger partial charge is 0.148 e. The van der Waals surface area contributed by atoms with Crippen LogP contribution in [0.2, 0.25) is 0 Å². The number of fused-ring (bicyclic) bond motifs is 2. The number of ether oxygens (including phenoxy) is 1. The number of benzene rings is 3. The van der Waals surface area contributed by atoms with Crippen LogP contribution in [0.25, 0.3) is 21.8 Å². The van der Waals surface area contributed by atoms with Crippen molar-refractivity contribution in [2.75, 3.05) is 49.4 Å². The number of nitrogens with one attached hydrogen (secondary N) is 3. The van der Waals surface area contributed by atoms with Gasteiger partial charge in [-0.25, -0.2) is 18.4 Å². The van der Waals surface area contributed by atoms with Gasteiger partial charge in [-0.15, -0.1) is 0 Å². The number of nitrogens with zero attached hydrogens (tertiary/aromatic N) is 4. The van der Waals surface area contributed by atoms with E-state index in [1.807, 2.05) is 47.3 Å². The fourth-order valence-corrected chi connectivity index (χ4v) is 5.17. The summed E-state index contributed by atoms with van der Waals surface area (Å²) < 4.78 is 30.1. The van der Waals surface area contributed by atoms with E-state index in [2.05, 4.69) is 55.3 Å². The molecule has 0 aliphatic heterocycles. The molecule has 0 aliphatic carbocycles. The second-order valence-electron chi connectivity index (χ2n) is 9.99. The standard InChI is InChI=1S/C30H35N7O3S/c1-40-29-18-26-25(17-27(29)32-13-7-6-12-31-14-15-41(2,38)39)30(34-21-33-26)36-24-10-11-28-23(16-24)19-35-37(28)20-22-8-4-3-5-9-22/h3-5,8-11,16-19,21,31-32H,6-7,12-15,20H2,1-2H3,(H,33,34,36). The van der Waals surface area contributed by atoms with Crippen LogP contribution in [-0.4, -0.2) is 66.9 Å². The zero-order chi connectivity index (χ0) is 28.7. The average molecular weight is 574 g/mol. The minimum absolute atomic E-state index is 0.156. The molecule has 0 amide bonds. The summed E-state index contributed by atoms with van der Waals surface area (Å²) in [6.07, 6.45) is 6.52. The molecule has 41 heavy (non-hydrogen) atoms. The number of anilines is 3. The summed E-state index contributed by atoms with van der Waals surface area (Å²) in [6, 6.07) is 20.4. The molecule has 0 unspecified atom stereocenters. The third kappa shape index (κ3) is 7.50. The van der Waals surface area contributed by atoms with E-state index in [0.717, 1.165) is 59.1 Å². The van der Waals surface area contributed by atoms with E-state index < -0.39 is 9.84 Å². The molecular weight excluding hydrogens is 538 g/mol. The topological polar surface area (TPSA) is 123 Å². The Kier molecular flexibility index (Phi) is 8.95. The Bertz CT molecular complexity index is 1720. The lowest BCUT2D eigenvalue weighted by Gasteiger charge is -2.14. The van der Waals surface area contributed by atoms with Crippen LogP contribution >= 0.6 is 0 Å². The zero-order valence-corrected chi connectivity index (χ0v) is 24.1. The fourth-order valence-electron chi connectivity index (χ4n) is 4.66. The summed E-state index contributed by atoms with van der Waals surface area (Å²) in [7, 11) is -1.29. The highest BCUT2D eigenvalue weighted by molar-refractivity contribution is 7.90. The first kappa shape index (κ1) is 28.3. The Labute approximate surface area is 240 Å². The van der Waals surface area contributed by atoms with Gasteiger partial charge in [0.2, 0.25) is 0 Å². The van der Waals surface area contributed by atoms with Gasteiger partial charge in [0, 0.05) is 41.9 Å². The van der Waals surface area contributed by atoms with Crippen molar-refractivity contribution in [2.24, 2.45) is 0 Å². The van der Waals surface area contributed by atoms with Crippen molar-refractivity contribution in [3.8, 4) is 5.75 Å². The van der Waals surface area contributed by atoms with Crippen molar-refractivity contribution in [2.45, 2.75) is 19.4 Å². The van der Waals surface area contributed by atoms with Crippen molar-refractivity contribution < 1.29 is 13.2 Å². The highest BCUT2D eigenvalue weighted by Crippen LogP contribution is 2.33. The molecule has 0 atom stereocenters. The zero-order valence-electron chi connectivity index (χ0n) is 23.3. The van der Waals surface area contributed by atoms with Crippen LogP contribution in [-0.2, 0) is 16.4 Å². The normalized spacial score (nSPS) is 11.7. The summed E-state index contributed by atoms with van der Waals surface area (Å²) in [5.74, 6) is 1.57. The van der Waals surface area contributed by atoms with Gasteiger partial charge in [0.25, 0.3) is 0 Å². The first-order chi connectivity index (χ1) is 19.9. The van der Waals surface area contributed by atoms with Crippen molar-refractivity contribution in [3.05, 3.63) is 78.8 Å². The Morgan fingerprint density at radius 2 is 1.78 bits per heavy atom. The first-order valence-corrected chi connectivity index (χ1v) is 15.7. The largest absolute Gasteiger partial charge is 0.495 e. The Morgan fingerprint density at radius 3 is 2.59 bits per heavy atom. The average Bonchev–Trinajstić information content (AvgIpc) is 3.36. The lowest BCUT2D eigenvalue weighted by atomic mass is 10.1. The molecule has 10 nitrogen and oxygen atoms in total. The maximum Gasteiger partial charge on any atom is 0.148 e. The number of rotatable bonds is 14. The molecule has 3 N–H and O–H groups in total. The maximum atomic E-state index is 11.2. The van der Waals surface area contributed by atoms with Crippen LogP contribution in [0, 0.1) is 0 Å². The second kappa shape index (κ2) is 13.0. The maximum absolute atomic E-state index is 11.2. The highest BCUT2D eigenvalue weighted by Gasteiger charge is 2.12. The number of hydrogen-bond acceptors (Lipinski definition) is 9. The Balaban J connectivity index is 1.26. The van der Waals surface area contributed by atoms with E-state index in [0.29, 0.717) is 24.7 Å². The Hall–Kier alpha value is -4.22. The lowest BCUT2D eigenvalue weighted by molar-refractivity contribution is 0.417. The molecule has 0 aliphatic rings. The van der Waals surface area contributed by atoms with Crippen molar-refractivity contribution in [3.63, 3.8) is 0 Å². The summed E-state index contributed by atoms with van der Waals surface area (Å²) in [5, 5.41) is 16.6. The predicted octanol–water partition coefficient (Wildman–Crippen LogP) is 4.61. The quantitative estimate of drug-likeness (QED) is 0.164. The van der Waals surface area contributed by atoms with Gasteiger partial charge in [-0.1, -0.05) is 30.3 Å². The van der Waals surface area contributed by atoms with Crippen LogP contribution in [0.4, 0.5) is 17.2 Å². The third-order valence-electron chi connectivity index (χ3n) is 6.78. The van der Waals surface area contributed by atoms with Gasteiger partial charge >= 0.3 is 0 Å². The molecule has 0 spiro atoms. The molecule has 0 radical (unpaired) electrons. The molecule has 0 bridgehead atoms. The molecule has 0 saturated carbocycles. The Morgan fingerprint density at radius 1 is 0.951 bits per heavy atom. The summed E-state index contributed by atoms with van der Waals surface area (Å²) in [4.78, 5) is 8.99. The van der Waals surface area contributed by atoms with Crippen LogP contribution in [0.5, 0.6) is 5.75 Å². The van der Waals surface area contributed by atoms with E-state index in [1.54, 1.807) is 13.4 Å². The molecular formula is C30H35N7O3S. The molecule has 11 heteroatoms. The van der Waals surface area contributed by atoms with E-state index in [4.69, 9.17) is 4.74 Å². The number of methoxy groups -OCH3 is 1. The van der Waals surface area contributed by atoms with Gasteiger partial charge in [-0.3, -0.25) is 4.68 Å². The predicted molar refractivity (Wildman–Crippen MR) is 165 cm³/mol. The van der Waals surface area contributed by atoms with Gasteiger partial charge in [0.1, 0.15) is 27.7 Å². The van der Waals surface area contributed by atoms with Crippen molar-refractivity contribution >= 4 is 48.8 Å². The van der Waals surface area contributed by atoms with E-state index in [1.165, 1.54) is 11.8 Å². The van der Waals surface area contributed by atoms with Crippen molar-refractivity contribution in [1.82, 2.24) is 25.1 Å². The molecule has 3 aromatic carbocycles. The minimum Gasteiger partial charge on any atom is -0.495 e. The minimum atomic E-state index is -2.93. The third-order valence-corrected chi connectivity index (χ3v) is 7.73. The monoisotopic (exact) mass is 573 g/mol. The number of hydrogen-bond donors (Lipinski definition) is 3. The van der Waals surface area contributed by atoms with Crippen LogP contribution < -0.4 is 20.7 Å². The van der Waals surface area contributed by atoms with Crippen LogP contribution in [0.1, 0.15) is 18.4 Å². The van der Waals surface area contributed by atoms with E-state index in [-0.39, 0.29) is 5.75 Å². The van der Waals surface area contributed by atoms with E-state index in [9.17, 15) is 8.42 Å². The number of aromatic nitrogens is 4. The summed E-state index contributed by atoms with van der Waals surface area (Å²) >= 11 is 0. The van der Waals surface area contributed by atoms with Gasteiger partial charge in [0.05, 0.1) is 42.3 Å². The second-order valence-corrected chi connectivity index (χ2v) is 12.3. The molecule has 2 heterocycles. The molecule has 0 saturated heterocycles. The van der Waals surface area contributed by atoms with Crippen LogP contribution in [0.3, 0.4) is 0 Å². The lowest BCUT2D eigenvalue weighted by Crippen LogP contribution is -2.23. The number of sulfone groups is 1. The molecule has 0 fully saturated rings. The first-order valence-electron chi connectivity index (χ1n) is 13.6. The van der Waals surface area contributed by atoms with Crippen molar-refractivity contribution in [1.29, 1.82) is 0 Å². The van der Waals surface area contributed by atoms with E-state index >= 15 is 0 Å². The van der Waals surface area contributed by atoms with Gasteiger partial charge in [0.15, 0.2) is 0 Å². The summed E-state index contributed by atoms with van der Waals surface area (Å²) in [5.41, 5.74) is 4.81. The fraction of sp³-hybridized carbons (Fsp3) is 0.300. The number of unbranched alkanes of at least 4 members (excludes halogenated alkanes) is 1. The highest BCUT2D eigenvalue weighted by atomic mass is 32.2. The molecule has 5 rings (SSSR count). The van der Waals surface area contributed by atoms with Crippen LogP contribution in [0.15, 0.2) is 73.2 Å². The SMILES string of the molecule is COc1cc2ncnc(Nc3ccc4c(cnn4Cc4ccccc4)c3)c2cc1NCCCCNCCS(C)(=O)=O. The van der Waals surface area contributed by atoms with Gasteiger partial charge in [-0.2, -0.15) is 5.10 Å². The molecule has 5 aromatic rings. The van der Waals surface area contributed by atoms with Gasteiger partial charge < -0.3 is 20.7 Å².